The van der Waals surface area contributed by atoms with E-state index >= 15 is 0 Å². The number of ether oxygens (including phenoxy) is 1. The lowest BCUT2D eigenvalue weighted by Crippen LogP contribution is -2.04. The normalized spacial score (nSPS) is 12.0. The number of benzene rings is 3. The van der Waals surface area contributed by atoms with Crippen LogP contribution in [0.1, 0.15) is 55.0 Å². The monoisotopic (exact) mass is 376 g/mol. The molecule has 0 heterocycles. The van der Waals surface area contributed by atoms with Gasteiger partial charge in [0.2, 0.25) is 0 Å². The van der Waals surface area contributed by atoms with Crippen LogP contribution in [-0.4, -0.2) is 5.26 Å². The molecule has 3 rings (SSSR count). The number of hydrogen-bond acceptors (Lipinski definition) is 3. The van der Waals surface area contributed by atoms with Gasteiger partial charge >= 0.3 is 0 Å². The van der Waals surface area contributed by atoms with E-state index in [9.17, 15) is 5.26 Å². The zero-order chi connectivity index (χ0) is 19.8. The minimum atomic E-state index is -0.516. The lowest BCUT2D eigenvalue weighted by molar-refractivity contribution is -0.270. The fourth-order valence-electron chi connectivity index (χ4n) is 3.32. The maximum atomic E-state index is 9.45. The van der Waals surface area contributed by atoms with E-state index in [2.05, 4.69) is 38.1 Å². The molecule has 0 radical (unpaired) electrons. The number of aryl methyl sites for hydroxylation is 2. The van der Waals surface area contributed by atoms with Gasteiger partial charge in [0, 0.05) is 0 Å². The Kier molecular flexibility index (Phi) is 7.24. The molecular weight excluding hydrogens is 348 g/mol. The van der Waals surface area contributed by atoms with Crippen LogP contribution in [-0.2, 0) is 17.7 Å². The molecule has 3 heteroatoms. The zero-order valence-corrected chi connectivity index (χ0v) is 16.6. The SMILES string of the molecule is CCCc1ccc(Oc2ccc(C(OO)c3ccc(CCC)cc3)cc2)cc1. The summed E-state index contributed by atoms with van der Waals surface area (Å²) in [5.41, 5.74) is 4.40. The Bertz CT molecular complexity index is 836. The van der Waals surface area contributed by atoms with Crippen LogP contribution in [0.3, 0.4) is 0 Å². The minimum Gasteiger partial charge on any atom is -0.457 e. The summed E-state index contributed by atoms with van der Waals surface area (Å²) in [6, 6.07) is 24.0. The highest BCUT2D eigenvalue weighted by Gasteiger charge is 2.15. The molecule has 0 fully saturated rings. The van der Waals surface area contributed by atoms with Crippen molar-refractivity contribution in [3.8, 4) is 11.5 Å². The molecule has 1 N–H and O–H groups in total. The summed E-state index contributed by atoms with van der Waals surface area (Å²) in [7, 11) is 0. The molecule has 0 aliphatic carbocycles. The molecule has 28 heavy (non-hydrogen) atoms. The third-order valence-corrected chi connectivity index (χ3v) is 4.81. The van der Waals surface area contributed by atoms with E-state index in [-0.39, 0.29) is 0 Å². The Morgan fingerprint density at radius 2 is 1.04 bits per heavy atom. The van der Waals surface area contributed by atoms with Crippen molar-refractivity contribution in [1.82, 2.24) is 0 Å². The van der Waals surface area contributed by atoms with Crippen molar-refractivity contribution in [2.75, 3.05) is 0 Å². The van der Waals surface area contributed by atoms with Crippen molar-refractivity contribution in [2.24, 2.45) is 0 Å². The van der Waals surface area contributed by atoms with Crippen LogP contribution in [0.5, 0.6) is 11.5 Å². The first kappa shape index (κ1) is 20.1. The second-order valence-corrected chi connectivity index (χ2v) is 7.04. The zero-order valence-electron chi connectivity index (χ0n) is 16.6. The van der Waals surface area contributed by atoms with Gasteiger partial charge in [0.05, 0.1) is 0 Å². The van der Waals surface area contributed by atoms with Gasteiger partial charge in [0.15, 0.2) is 0 Å². The number of hydrogen-bond donors (Lipinski definition) is 1. The van der Waals surface area contributed by atoms with Gasteiger partial charge in [-0.25, -0.2) is 4.89 Å². The van der Waals surface area contributed by atoms with Crippen LogP contribution in [0, 0.1) is 0 Å². The van der Waals surface area contributed by atoms with Gasteiger partial charge in [-0.2, -0.15) is 0 Å². The van der Waals surface area contributed by atoms with E-state index in [4.69, 9.17) is 9.62 Å². The average molecular weight is 376 g/mol. The molecular formula is C25H28O3. The van der Waals surface area contributed by atoms with E-state index in [0.717, 1.165) is 48.3 Å². The quantitative estimate of drug-likeness (QED) is 0.324. The van der Waals surface area contributed by atoms with Crippen LogP contribution in [0.4, 0.5) is 0 Å². The maximum absolute atomic E-state index is 9.45. The topological polar surface area (TPSA) is 38.7 Å². The lowest BCUT2D eigenvalue weighted by atomic mass is 9.99. The van der Waals surface area contributed by atoms with Crippen molar-refractivity contribution >= 4 is 0 Å². The first-order valence-electron chi connectivity index (χ1n) is 9.99. The van der Waals surface area contributed by atoms with E-state index in [1.807, 2.05) is 48.5 Å². The van der Waals surface area contributed by atoms with E-state index in [1.165, 1.54) is 11.1 Å². The van der Waals surface area contributed by atoms with Gasteiger partial charge in [-0.15, -0.1) is 0 Å². The molecule has 0 aliphatic heterocycles. The standard InChI is InChI=1S/C25H28O3/c1-3-5-19-7-11-21(12-8-19)25(28-26)22-13-17-24(18-14-22)27-23-15-9-20(6-4-2)10-16-23/h7-18,25-26H,3-6H2,1-2H3. The smallest absolute Gasteiger partial charge is 0.143 e. The van der Waals surface area contributed by atoms with Gasteiger partial charge in [-0.05, 0) is 59.4 Å². The van der Waals surface area contributed by atoms with Crippen molar-refractivity contribution in [1.29, 1.82) is 0 Å². The summed E-state index contributed by atoms with van der Waals surface area (Å²) in [6.07, 6.45) is 3.87. The summed E-state index contributed by atoms with van der Waals surface area (Å²) in [5.74, 6) is 1.57. The molecule has 1 unspecified atom stereocenters. The highest BCUT2D eigenvalue weighted by atomic mass is 17.1. The van der Waals surface area contributed by atoms with Crippen molar-refractivity contribution in [3.63, 3.8) is 0 Å². The largest absolute Gasteiger partial charge is 0.457 e. The van der Waals surface area contributed by atoms with Crippen molar-refractivity contribution in [3.05, 3.63) is 95.1 Å². The average Bonchev–Trinajstić information content (AvgIpc) is 2.73. The molecule has 3 aromatic carbocycles. The Labute approximate surface area is 167 Å². The molecule has 0 aromatic heterocycles. The van der Waals surface area contributed by atoms with Gasteiger partial charge in [0.1, 0.15) is 17.6 Å². The molecule has 3 aromatic rings. The predicted molar refractivity (Wildman–Crippen MR) is 113 cm³/mol. The molecule has 0 saturated heterocycles. The van der Waals surface area contributed by atoms with Gasteiger partial charge in [-0.1, -0.05) is 75.2 Å². The minimum absolute atomic E-state index is 0.516. The lowest BCUT2D eigenvalue weighted by Gasteiger charge is -2.15. The second kappa shape index (κ2) is 10.1. The fraction of sp³-hybridized carbons (Fsp3) is 0.280. The Morgan fingerprint density at radius 3 is 1.46 bits per heavy atom. The van der Waals surface area contributed by atoms with E-state index < -0.39 is 6.10 Å². The molecule has 0 aliphatic rings. The third kappa shape index (κ3) is 5.22. The molecule has 0 spiro atoms. The summed E-state index contributed by atoms with van der Waals surface area (Å²) < 4.78 is 5.92. The van der Waals surface area contributed by atoms with E-state index in [1.54, 1.807) is 0 Å². The van der Waals surface area contributed by atoms with Crippen LogP contribution in [0.25, 0.3) is 0 Å². The molecule has 3 nitrogen and oxygen atoms in total. The fourth-order valence-corrected chi connectivity index (χ4v) is 3.32. The summed E-state index contributed by atoms with van der Waals surface area (Å²) in [4.78, 5) is 4.78. The van der Waals surface area contributed by atoms with Crippen LogP contribution < -0.4 is 4.74 Å². The molecule has 0 bridgehead atoms. The molecule has 1 atom stereocenters. The van der Waals surface area contributed by atoms with Crippen molar-refractivity contribution in [2.45, 2.75) is 45.6 Å². The van der Waals surface area contributed by atoms with Gasteiger partial charge in [-0.3, -0.25) is 5.26 Å². The Balaban J connectivity index is 1.69. The highest BCUT2D eigenvalue weighted by Crippen LogP contribution is 2.29. The van der Waals surface area contributed by atoms with Crippen LogP contribution in [0.2, 0.25) is 0 Å². The van der Waals surface area contributed by atoms with Crippen molar-refractivity contribution < 1.29 is 14.9 Å². The predicted octanol–water partition coefficient (Wildman–Crippen LogP) is 6.96. The Morgan fingerprint density at radius 1 is 0.643 bits per heavy atom. The molecule has 0 saturated carbocycles. The first-order chi connectivity index (χ1) is 13.7. The summed E-state index contributed by atoms with van der Waals surface area (Å²) in [5, 5.41) is 9.45. The number of rotatable bonds is 9. The third-order valence-electron chi connectivity index (χ3n) is 4.81. The van der Waals surface area contributed by atoms with Crippen LogP contribution in [0.15, 0.2) is 72.8 Å². The Hall–Kier alpha value is -2.62. The van der Waals surface area contributed by atoms with E-state index in [0.29, 0.717) is 0 Å². The van der Waals surface area contributed by atoms with Crippen LogP contribution >= 0.6 is 0 Å². The van der Waals surface area contributed by atoms with Gasteiger partial charge < -0.3 is 4.74 Å². The summed E-state index contributed by atoms with van der Waals surface area (Å²) in [6.45, 7) is 4.34. The summed E-state index contributed by atoms with van der Waals surface area (Å²) >= 11 is 0. The highest BCUT2D eigenvalue weighted by molar-refractivity contribution is 5.38. The second-order valence-electron chi connectivity index (χ2n) is 7.04. The first-order valence-corrected chi connectivity index (χ1v) is 9.99. The maximum Gasteiger partial charge on any atom is 0.143 e. The molecule has 0 amide bonds. The van der Waals surface area contributed by atoms with Gasteiger partial charge in [0.25, 0.3) is 0 Å². The molecule has 146 valence electrons.